The van der Waals surface area contributed by atoms with Crippen molar-refractivity contribution in [3.63, 3.8) is 0 Å². The van der Waals surface area contributed by atoms with Gasteiger partial charge in [0.15, 0.2) is 0 Å². The van der Waals surface area contributed by atoms with Gasteiger partial charge in [0.25, 0.3) is 0 Å². The average Bonchev–Trinajstić information content (AvgIpc) is 3.16. The maximum Gasteiger partial charge on any atom is 0.122 e. The summed E-state index contributed by atoms with van der Waals surface area (Å²) in [7, 11) is 4.01. The van der Waals surface area contributed by atoms with E-state index in [1.54, 1.807) is 7.11 Å². The predicted molar refractivity (Wildman–Crippen MR) is 86.7 cm³/mol. The third-order valence-electron chi connectivity index (χ3n) is 5.40. The Kier molecular flexibility index (Phi) is 4.51. The monoisotopic (exact) mass is 288 g/mol. The second-order valence-corrected chi connectivity index (χ2v) is 6.78. The number of likely N-dealkylation sites (tertiary alicyclic amines) is 1. The highest BCUT2D eigenvalue weighted by Crippen LogP contribution is 2.42. The molecule has 2 fully saturated rings. The van der Waals surface area contributed by atoms with E-state index in [-0.39, 0.29) is 0 Å². The van der Waals surface area contributed by atoms with E-state index >= 15 is 0 Å². The van der Waals surface area contributed by atoms with Gasteiger partial charge in [-0.2, -0.15) is 0 Å². The molecule has 0 amide bonds. The number of hydrogen-bond acceptors (Lipinski definition) is 3. The summed E-state index contributed by atoms with van der Waals surface area (Å²) in [4.78, 5) is 2.46. The Bertz CT molecular complexity index is 482. The summed E-state index contributed by atoms with van der Waals surface area (Å²) in [6.45, 7) is 1.92. The Morgan fingerprint density at radius 2 is 2.05 bits per heavy atom. The van der Waals surface area contributed by atoms with Crippen molar-refractivity contribution in [3.8, 4) is 5.75 Å². The van der Waals surface area contributed by atoms with Crippen molar-refractivity contribution in [2.75, 3.05) is 27.2 Å². The van der Waals surface area contributed by atoms with E-state index in [1.807, 2.05) is 0 Å². The molecule has 3 nitrogen and oxygen atoms in total. The van der Waals surface area contributed by atoms with Crippen molar-refractivity contribution < 1.29 is 4.74 Å². The van der Waals surface area contributed by atoms with E-state index in [2.05, 4.69) is 30.1 Å². The zero-order valence-electron chi connectivity index (χ0n) is 13.3. The SMILES string of the molecule is COc1ccc(C2CC(CN)CN2C)cc1C1CCCC1. The maximum atomic E-state index is 5.86. The minimum Gasteiger partial charge on any atom is -0.496 e. The molecule has 1 aromatic rings. The van der Waals surface area contributed by atoms with Crippen molar-refractivity contribution in [3.05, 3.63) is 29.3 Å². The number of methoxy groups -OCH3 is 1. The van der Waals surface area contributed by atoms with Crippen LogP contribution in [-0.4, -0.2) is 32.1 Å². The highest BCUT2D eigenvalue weighted by Gasteiger charge is 2.31. The number of rotatable bonds is 4. The van der Waals surface area contributed by atoms with Gasteiger partial charge >= 0.3 is 0 Å². The van der Waals surface area contributed by atoms with Crippen molar-refractivity contribution in [2.24, 2.45) is 11.7 Å². The molecule has 21 heavy (non-hydrogen) atoms. The normalized spacial score (nSPS) is 27.4. The lowest BCUT2D eigenvalue weighted by Crippen LogP contribution is -2.20. The molecule has 0 radical (unpaired) electrons. The van der Waals surface area contributed by atoms with E-state index in [4.69, 9.17) is 10.5 Å². The van der Waals surface area contributed by atoms with Gasteiger partial charge in [0, 0.05) is 12.6 Å². The Morgan fingerprint density at radius 1 is 1.29 bits per heavy atom. The van der Waals surface area contributed by atoms with Crippen LogP contribution in [0.3, 0.4) is 0 Å². The molecular weight excluding hydrogens is 260 g/mol. The lowest BCUT2D eigenvalue weighted by Gasteiger charge is -2.22. The van der Waals surface area contributed by atoms with Crippen molar-refractivity contribution in [1.29, 1.82) is 0 Å². The Balaban J connectivity index is 1.87. The van der Waals surface area contributed by atoms with Crippen LogP contribution in [0, 0.1) is 5.92 Å². The minimum atomic E-state index is 0.518. The summed E-state index contributed by atoms with van der Waals surface area (Å²) in [6.07, 6.45) is 6.52. The first kappa shape index (κ1) is 14.9. The molecule has 0 bridgehead atoms. The van der Waals surface area contributed by atoms with Crippen molar-refractivity contribution in [2.45, 2.75) is 44.1 Å². The predicted octanol–water partition coefficient (Wildman–Crippen LogP) is 3.30. The summed E-state index contributed by atoms with van der Waals surface area (Å²) < 4.78 is 5.61. The topological polar surface area (TPSA) is 38.5 Å². The summed E-state index contributed by atoms with van der Waals surface area (Å²) in [5.74, 6) is 2.40. The van der Waals surface area contributed by atoms with Crippen LogP contribution in [0.25, 0.3) is 0 Å². The first-order chi connectivity index (χ1) is 10.2. The van der Waals surface area contributed by atoms with Crippen molar-refractivity contribution >= 4 is 0 Å². The molecule has 0 aromatic heterocycles. The van der Waals surface area contributed by atoms with Gasteiger partial charge in [-0.15, -0.1) is 0 Å². The van der Waals surface area contributed by atoms with Gasteiger partial charge in [-0.05, 0) is 61.9 Å². The molecule has 1 aliphatic heterocycles. The van der Waals surface area contributed by atoms with Crippen molar-refractivity contribution in [1.82, 2.24) is 4.90 Å². The Labute approximate surface area is 128 Å². The number of hydrogen-bond donors (Lipinski definition) is 1. The van der Waals surface area contributed by atoms with Gasteiger partial charge in [-0.25, -0.2) is 0 Å². The van der Waals surface area contributed by atoms with Crippen LogP contribution in [0.2, 0.25) is 0 Å². The first-order valence-corrected chi connectivity index (χ1v) is 8.31. The first-order valence-electron chi connectivity index (χ1n) is 8.31. The lowest BCUT2D eigenvalue weighted by atomic mass is 9.91. The molecular formula is C18H28N2O. The zero-order chi connectivity index (χ0) is 14.8. The van der Waals surface area contributed by atoms with Gasteiger partial charge in [-0.3, -0.25) is 4.90 Å². The van der Waals surface area contributed by atoms with Crippen LogP contribution in [0.15, 0.2) is 18.2 Å². The number of ether oxygens (including phenoxy) is 1. The van der Waals surface area contributed by atoms with Gasteiger partial charge in [-0.1, -0.05) is 25.0 Å². The molecule has 1 heterocycles. The fourth-order valence-electron chi connectivity index (χ4n) is 4.18. The van der Waals surface area contributed by atoms with Gasteiger partial charge in [0.1, 0.15) is 5.75 Å². The largest absolute Gasteiger partial charge is 0.496 e. The van der Waals surface area contributed by atoms with Gasteiger partial charge in [0.05, 0.1) is 7.11 Å². The molecule has 116 valence electrons. The molecule has 1 saturated heterocycles. The molecule has 2 aliphatic rings. The van der Waals surface area contributed by atoms with Crippen LogP contribution in [0.5, 0.6) is 5.75 Å². The molecule has 3 rings (SSSR count). The van der Waals surface area contributed by atoms with Crippen LogP contribution in [-0.2, 0) is 0 Å². The number of nitrogens with two attached hydrogens (primary N) is 1. The summed E-state index contributed by atoms with van der Waals surface area (Å²) >= 11 is 0. The van der Waals surface area contributed by atoms with E-state index in [0.717, 1.165) is 18.8 Å². The standard InChI is InChI=1S/C18H28N2O/c1-20-12-13(11-19)9-17(20)15-7-8-18(21-2)16(10-15)14-5-3-4-6-14/h7-8,10,13-14,17H,3-6,9,11-12,19H2,1-2H3. The van der Waals surface area contributed by atoms with Gasteiger partial charge < -0.3 is 10.5 Å². The number of benzene rings is 1. The maximum absolute atomic E-state index is 5.86. The van der Waals surface area contributed by atoms with E-state index in [0.29, 0.717) is 17.9 Å². The molecule has 0 spiro atoms. The second-order valence-electron chi connectivity index (χ2n) is 6.78. The highest BCUT2D eigenvalue weighted by molar-refractivity contribution is 5.41. The Hall–Kier alpha value is -1.06. The van der Waals surface area contributed by atoms with Crippen LogP contribution in [0.4, 0.5) is 0 Å². The summed E-state index contributed by atoms with van der Waals surface area (Å²) in [5, 5.41) is 0. The molecule has 2 atom stereocenters. The smallest absolute Gasteiger partial charge is 0.122 e. The summed E-state index contributed by atoms with van der Waals surface area (Å²) in [5.41, 5.74) is 8.73. The van der Waals surface area contributed by atoms with Crippen LogP contribution in [0.1, 0.15) is 55.2 Å². The van der Waals surface area contributed by atoms with E-state index < -0.39 is 0 Å². The number of nitrogens with zero attached hydrogens (tertiary/aromatic N) is 1. The molecule has 1 aliphatic carbocycles. The third kappa shape index (κ3) is 2.95. The fraction of sp³-hybridized carbons (Fsp3) is 0.667. The molecule has 2 N–H and O–H groups in total. The van der Waals surface area contributed by atoms with Gasteiger partial charge in [0.2, 0.25) is 0 Å². The quantitative estimate of drug-likeness (QED) is 0.924. The Morgan fingerprint density at radius 3 is 2.67 bits per heavy atom. The fourth-order valence-corrected chi connectivity index (χ4v) is 4.18. The third-order valence-corrected chi connectivity index (χ3v) is 5.40. The van der Waals surface area contributed by atoms with E-state index in [1.165, 1.54) is 43.2 Å². The molecule has 1 saturated carbocycles. The highest BCUT2D eigenvalue weighted by atomic mass is 16.5. The zero-order valence-corrected chi connectivity index (χ0v) is 13.3. The lowest BCUT2D eigenvalue weighted by molar-refractivity contribution is 0.313. The molecule has 2 unspecified atom stereocenters. The average molecular weight is 288 g/mol. The minimum absolute atomic E-state index is 0.518. The van der Waals surface area contributed by atoms with Crippen LogP contribution >= 0.6 is 0 Å². The second kappa shape index (κ2) is 6.37. The van der Waals surface area contributed by atoms with Crippen LogP contribution < -0.4 is 10.5 Å². The molecule has 1 aromatic carbocycles. The van der Waals surface area contributed by atoms with E-state index in [9.17, 15) is 0 Å². The molecule has 3 heteroatoms. The summed E-state index contributed by atoms with van der Waals surface area (Å²) in [6, 6.07) is 7.35.